The molecule has 0 bridgehead atoms. The third-order valence-electron chi connectivity index (χ3n) is 3.33. The third kappa shape index (κ3) is 2.07. The summed E-state index contributed by atoms with van der Waals surface area (Å²) in [7, 11) is 0. The monoisotopic (exact) mass is 293 g/mol. The molecule has 3 nitrogen and oxygen atoms in total. The van der Waals surface area contributed by atoms with Gasteiger partial charge in [0.25, 0.3) is 0 Å². The molecule has 0 unspecified atom stereocenters. The fourth-order valence-corrected chi connectivity index (χ4v) is 2.55. The molecule has 5 heteroatoms. The Morgan fingerprint density at radius 1 is 1.16 bits per heavy atom. The van der Waals surface area contributed by atoms with Gasteiger partial charge < -0.3 is 5.73 Å². The minimum absolute atomic E-state index is 0.388. The zero-order valence-electron chi connectivity index (χ0n) is 10.9. The summed E-state index contributed by atoms with van der Waals surface area (Å²) in [6, 6.07) is 5.68. The highest BCUT2D eigenvalue weighted by molar-refractivity contribution is 6.35. The molecule has 2 N–H and O–H groups in total. The van der Waals surface area contributed by atoms with Crippen LogP contribution in [0.5, 0.6) is 0 Å². The predicted octanol–water partition coefficient (Wildman–Crippen LogP) is 4.16. The van der Waals surface area contributed by atoms with Crippen LogP contribution in [0.25, 0.3) is 5.69 Å². The van der Waals surface area contributed by atoms with Crippen LogP contribution < -0.4 is 5.73 Å². The van der Waals surface area contributed by atoms with Gasteiger partial charge in [-0.3, -0.25) is 4.57 Å². The van der Waals surface area contributed by atoms with E-state index in [-0.39, 0.29) is 0 Å². The molecule has 0 spiro atoms. The number of halogens is 2. The molecule has 98 valence electrons. The maximum absolute atomic E-state index is 9.15. The molecule has 1 aromatic carbocycles. The van der Waals surface area contributed by atoms with E-state index in [9.17, 15) is 0 Å². The molecule has 1 aromatic heterocycles. The molecule has 0 saturated carbocycles. The fourth-order valence-electron chi connectivity index (χ4n) is 2.09. The zero-order chi connectivity index (χ0) is 14.3. The maximum atomic E-state index is 9.15. The second-order valence-corrected chi connectivity index (χ2v) is 5.29. The van der Waals surface area contributed by atoms with Crippen molar-refractivity contribution < 1.29 is 0 Å². The van der Waals surface area contributed by atoms with E-state index in [0.717, 1.165) is 16.8 Å². The van der Waals surface area contributed by atoms with Crippen LogP contribution in [0.3, 0.4) is 0 Å². The van der Waals surface area contributed by atoms with Gasteiger partial charge in [0.05, 0.1) is 16.3 Å². The quantitative estimate of drug-likeness (QED) is 0.858. The number of hydrogen-bond acceptors (Lipinski definition) is 2. The van der Waals surface area contributed by atoms with E-state index in [1.807, 2.05) is 20.8 Å². The Labute approximate surface area is 122 Å². The smallest absolute Gasteiger partial charge is 0.126 e. The van der Waals surface area contributed by atoms with Crippen LogP contribution in [-0.2, 0) is 0 Å². The number of benzene rings is 1. The first-order chi connectivity index (χ1) is 8.88. The number of nitrogens with zero attached hydrogens (tertiary/aromatic N) is 2. The van der Waals surface area contributed by atoms with Crippen molar-refractivity contribution in [3.63, 3.8) is 0 Å². The standard InChI is InChI=1S/C14H13Cl2N3/c1-7-4-12(16)13(5-11(7)15)19-9(3)8(2)10(6-17)14(19)18/h4-5H,18H2,1-3H3. The van der Waals surface area contributed by atoms with Gasteiger partial charge in [-0.15, -0.1) is 0 Å². The second-order valence-electron chi connectivity index (χ2n) is 4.47. The lowest BCUT2D eigenvalue weighted by Crippen LogP contribution is -2.03. The molecule has 0 aliphatic rings. The Morgan fingerprint density at radius 2 is 1.79 bits per heavy atom. The number of anilines is 1. The topological polar surface area (TPSA) is 54.7 Å². The van der Waals surface area contributed by atoms with E-state index in [0.29, 0.717) is 27.1 Å². The molecule has 0 radical (unpaired) electrons. The molecule has 2 rings (SSSR count). The summed E-state index contributed by atoms with van der Waals surface area (Å²) >= 11 is 12.4. The lowest BCUT2D eigenvalue weighted by molar-refractivity contribution is 1.02. The van der Waals surface area contributed by atoms with Crippen molar-refractivity contribution in [2.75, 3.05) is 5.73 Å². The van der Waals surface area contributed by atoms with Gasteiger partial charge in [0.15, 0.2) is 0 Å². The van der Waals surface area contributed by atoms with Gasteiger partial charge in [0.2, 0.25) is 0 Å². The summed E-state index contributed by atoms with van der Waals surface area (Å²) < 4.78 is 1.77. The van der Waals surface area contributed by atoms with Crippen LogP contribution >= 0.6 is 23.2 Å². The molecule has 0 aliphatic heterocycles. The molecule has 1 heterocycles. The lowest BCUT2D eigenvalue weighted by Gasteiger charge is -2.13. The highest BCUT2D eigenvalue weighted by Crippen LogP contribution is 2.33. The molecule has 2 aromatic rings. The molecular formula is C14H13Cl2N3. The SMILES string of the molecule is Cc1cc(Cl)c(-n2c(C)c(C)c(C#N)c2N)cc1Cl. The molecule has 19 heavy (non-hydrogen) atoms. The Hall–Kier alpha value is -1.63. The third-order valence-corrected chi connectivity index (χ3v) is 4.04. The maximum Gasteiger partial charge on any atom is 0.126 e. The van der Waals surface area contributed by atoms with Crippen LogP contribution in [0.15, 0.2) is 12.1 Å². The minimum atomic E-state index is 0.388. The van der Waals surface area contributed by atoms with Crippen LogP contribution in [0.2, 0.25) is 10.0 Å². The number of nitrogen functional groups attached to an aromatic ring is 1. The Kier molecular flexibility index (Phi) is 3.49. The highest BCUT2D eigenvalue weighted by atomic mass is 35.5. The predicted molar refractivity (Wildman–Crippen MR) is 79.1 cm³/mol. The van der Waals surface area contributed by atoms with Gasteiger partial charge in [0, 0.05) is 10.7 Å². The van der Waals surface area contributed by atoms with Crippen molar-refractivity contribution in [1.29, 1.82) is 5.26 Å². The summed E-state index contributed by atoms with van der Waals surface area (Å²) in [6.07, 6.45) is 0. The molecular weight excluding hydrogens is 281 g/mol. The van der Waals surface area contributed by atoms with Crippen molar-refractivity contribution in [2.24, 2.45) is 0 Å². The van der Waals surface area contributed by atoms with E-state index in [4.69, 9.17) is 34.2 Å². The molecule has 0 saturated heterocycles. The molecule has 0 amide bonds. The van der Waals surface area contributed by atoms with Gasteiger partial charge in [-0.1, -0.05) is 23.2 Å². The zero-order valence-corrected chi connectivity index (χ0v) is 12.4. The van der Waals surface area contributed by atoms with Crippen molar-refractivity contribution in [1.82, 2.24) is 4.57 Å². The lowest BCUT2D eigenvalue weighted by atomic mass is 10.2. The Bertz CT molecular complexity index is 709. The number of nitrogens with two attached hydrogens (primary N) is 1. The van der Waals surface area contributed by atoms with Gasteiger partial charge in [-0.05, 0) is 44.0 Å². The number of aromatic nitrogens is 1. The van der Waals surface area contributed by atoms with Gasteiger partial charge in [0.1, 0.15) is 11.9 Å². The normalized spacial score (nSPS) is 10.5. The van der Waals surface area contributed by atoms with Gasteiger partial charge in [-0.2, -0.15) is 5.26 Å². The van der Waals surface area contributed by atoms with Gasteiger partial charge in [-0.25, -0.2) is 0 Å². The van der Waals surface area contributed by atoms with Crippen molar-refractivity contribution >= 4 is 29.0 Å². The first-order valence-electron chi connectivity index (χ1n) is 5.72. The van der Waals surface area contributed by atoms with Crippen LogP contribution in [-0.4, -0.2) is 4.57 Å². The minimum Gasteiger partial charge on any atom is -0.384 e. The highest BCUT2D eigenvalue weighted by Gasteiger charge is 2.18. The summed E-state index contributed by atoms with van der Waals surface area (Å²) in [5, 5.41) is 10.3. The Balaban J connectivity index is 2.81. The Morgan fingerprint density at radius 3 is 2.32 bits per heavy atom. The summed E-state index contributed by atoms with van der Waals surface area (Å²) in [6.45, 7) is 5.65. The van der Waals surface area contributed by atoms with Crippen molar-refractivity contribution in [2.45, 2.75) is 20.8 Å². The van der Waals surface area contributed by atoms with Crippen LogP contribution in [0.4, 0.5) is 5.82 Å². The van der Waals surface area contributed by atoms with Gasteiger partial charge >= 0.3 is 0 Å². The number of hydrogen-bond donors (Lipinski definition) is 1. The molecule has 0 fully saturated rings. The largest absolute Gasteiger partial charge is 0.384 e. The number of aryl methyl sites for hydroxylation is 1. The first-order valence-corrected chi connectivity index (χ1v) is 6.47. The van der Waals surface area contributed by atoms with E-state index < -0.39 is 0 Å². The number of nitriles is 1. The van der Waals surface area contributed by atoms with E-state index in [1.54, 1.807) is 16.7 Å². The first kappa shape index (κ1) is 13.8. The fraction of sp³-hybridized carbons (Fsp3) is 0.214. The van der Waals surface area contributed by atoms with Crippen molar-refractivity contribution in [3.05, 3.63) is 44.6 Å². The van der Waals surface area contributed by atoms with Crippen LogP contribution in [0.1, 0.15) is 22.4 Å². The van der Waals surface area contributed by atoms with E-state index in [2.05, 4.69) is 6.07 Å². The number of rotatable bonds is 1. The summed E-state index contributed by atoms with van der Waals surface area (Å²) in [5.74, 6) is 0.388. The summed E-state index contributed by atoms with van der Waals surface area (Å²) in [5.41, 5.74) is 9.85. The second kappa shape index (κ2) is 4.80. The molecule has 0 atom stereocenters. The molecule has 0 aliphatic carbocycles. The van der Waals surface area contributed by atoms with E-state index >= 15 is 0 Å². The van der Waals surface area contributed by atoms with Crippen molar-refractivity contribution in [3.8, 4) is 11.8 Å². The summed E-state index contributed by atoms with van der Waals surface area (Å²) in [4.78, 5) is 0. The van der Waals surface area contributed by atoms with Crippen LogP contribution in [0, 0.1) is 32.1 Å². The van der Waals surface area contributed by atoms with E-state index in [1.165, 1.54) is 0 Å². The average Bonchev–Trinajstić information content (AvgIpc) is 2.56. The average molecular weight is 294 g/mol.